The molecule has 5 heteroatoms. The van der Waals surface area contributed by atoms with E-state index in [1.165, 1.54) is 0 Å². The van der Waals surface area contributed by atoms with E-state index in [2.05, 4.69) is 19.2 Å². The van der Waals surface area contributed by atoms with Crippen molar-refractivity contribution >= 4 is 47.0 Å². The highest BCUT2D eigenvalue weighted by Gasteiger charge is 2.04. The van der Waals surface area contributed by atoms with E-state index in [-0.39, 0.29) is 12.4 Å². The number of anilines is 2. The molecule has 1 rings (SSSR count). The lowest BCUT2D eigenvalue weighted by Crippen LogP contribution is -2.09. The third-order valence-corrected chi connectivity index (χ3v) is 2.52. The Bertz CT molecular complexity index is 327. The van der Waals surface area contributed by atoms with Gasteiger partial charge in [0, 0.05) is 6.54 Å². The standard InChI is InChI=1S/C10H14Cl2N2.ClH/c1-6(2)5-14-10-4-8(12)7(11)3-9(10)13;/h3-4,6,14H,5,13H2,1-2H3;1H. The fourth-order valence-corrected chi connectivity index (χ4v) is 1.37. The van der Waals surface area contributed by atoms with E-state index in [1.54, 1.807) is 12.1 Å². The van der Waals surface area contributed by atoms with Crippen molar-refractivity contribution in [2.24, 2.45) is 5.92 Å². The Balaban J connectivity index is 0.00000196. The maximum Gasteiger partial charge on any atom is 0.0614 e. The van der Waals surface area contributed by atoms with Crippen molar-refractivity contribution in [3.05, 3.63) is 22.2 Å². The molecule has 0 saturated heterocycles. The summed E-state index contributed by atoms with van der Waals surface area (Å²) >= 11 is 11.7. The van der Waals surface area contributed by atoms with Crippen molar-refractivity contribution in [1.82, 2.24) is 0 Å². The fourth-order valence-electron chi connectivity index (χ4n) is 1.03. The van der Waals surface area contributed by atoms with Crippen molar-refractivity contribution in [3.8, 4) is 0 Å². The maximum atomic E-state index is 5.87. The van der Waals surface area contributed by atoms with Crippen LogP contribution in [-0.2, 0) is 0 Å². The van der Waals surface area contributed by atoms with Gasteiger partial charge in [-0.25, -0.2) is 0 Å². The molecular weight excluding hydrogens is 254 g/mol. The molecular formula is C10H15Cl3N2. The Hall–Kier alpha value is -0.310. The van der Waals surface area contributed by atoms with Crippen LogP contribution in [0.15, 0.2) is 12.1 Å². The quantitative estimate of drug-likeness (QED) is 0.812. The molecule has 86 valence electrons. The molecule has 0 aliphatic heterocycles. The van der Waals surface area contributed by atoms with Gasteiger partial charge >= 0.3 is 0 Å². The van der Waals surface area contributed by atoms with E-state index < -0.39 is 0 Å². The second kappa shape index (κ2) is 6.31. The van der Waals surface area contributed by atoms with E-state index in [1.807, 2.05) is 0 Å². The predicted molar refractivity (Wildman–Crippen MR) is 71.5 cm³/mol. The van der Waals surface area contributed by atoms with Gasteiger partial charge in [-0.3, -0.25) is 0 Å². The monoisotopic (exact) mass is 268 g/mol. The lowest BCUT2D eigenvalue weighted by atomic mass is 10.2. The first-order chi connectivity index (χ1) is 6.50. The van der Waals surface area contributed by atoms with Gasteiger partial charge in [0.05, 0.1) is 21.4 Å². The summed E-state index contributed by atoms with van der Waals surface area (Å²) in [5, 5.41) is 4.22. The van der Waals surface area contributed by atoms with Gasteiger partial charge in [0.1, 0.15) is 0 Å². The zero-order chi connectivity index (χ0) is 10.7. The number of hydrogen-bond donors (Lipinski definition) is 2. The number of hydrogen-bond acceptors (Lipinski definition) is 2. The van der Waals surface area contributed by atoms with Gasteiger partial charge < -0.3 is 11.1 Å². The fraction of sp³-hybridized carbons (Fsp3) is 0.400. The average Bonchev–Trinajstić information content (AvgIpc) is 2.09. The minimum absolute atomic E-state index is 0. The molecule has 0 amide bonds. The van der Waals surface area contributed by atoms with Crippen LogP contribution in [0.2, 0.25) is 10.0 Å². The molecule has 1 aromatic carbocycles. The van der Waals surface area contributed by atoms with Gasteiger partial charge in [0.25, 0.3) is 0 Å². The molecule has 0 aliphatic rings. The van der Waals surface area contributed by atoms with Crippen molar-refractivity contribution in [2.75, 3.05) is 17.6 Å². The molecule has 0 bridgehead atoms. The summed E-state index contributed by atoms with van der Waals surface area (Å²) < 4.78 is 0. The zero-order valence-electron chi connectivity index (χ0n) is 8.68. The Morgan fingerprint density at radius 3 is 2.33 bits per heavy atom. The molecule has 0 atom stereocenters. The molecule has 0 spiro atoms. The normalized spacial score (nSPS) is 9.93. The average molecular weight is 270 g/mol. The summed E-state index contributed by atoms with van der Waals surface area (Å²) in [5.41, 5.74) is 7.24. The summed E-state index contributed by atoms with van der Waals surface area (Å²) in [4.78, 5) is 0. The zero-order valence-corrected chi connectivity index (χ0v) is 11.0. The van der Waals surface area contributed by atoms with Crippen LogP contribution >= 0.6 is 35.6 Å². The molecule has 1 aromatic rings. The number of halogens is 3. The van der Waals surface area contributed by atoms with Crippen LogP contribution in [0.3, 0.4) is 0 Å². The topological polar surface area (TPSA) is 38.0 Å². The SMILES string of the molecule is CC(C)CNc1cc(Cl)c(Cl)cc1N.Cl. The van der Waals surface area contributed by atoms with E-state index in [9.17, 15) is 0 Å². The molecule has 15 heavy (non-hydrogen) atoms. The first-order valence-corrected chi connectivity index (χ1v) is 5.24. The highest BCUT2D eigenvalue weighted by Crippen LogP contribution is 2.30. The number of benzene rings is 1. The first kappa shape index (κ1) is 14.7. The number of nitrogen functional groups attached to an aromatic ring is 1. The predicted octanol–water partition coefficient (Wildman–Crippen LogP) is 4.07. The molecule has 3 N–H and O–H groups in total. The maximum absolute atomic E-state index is 5.87. The Kier molecular flexibility index (Phi) is 6.18. The number of nitrogens with one attached hydrogen (secondary N) is 1. The number of rotatable bonds is 3. The summed E-state index contributed by atoms with van der Waals surface area (Å²) in [6.07, 6.45) is 0. The van der Waals surface area contributed by atoms with Gasteiger partial charge in [-0.2, -0.15) is 0 Å². The third kappa shape index (κ3) is 4.37. The van der Waals surface area contributed by atoms with Crippen molar-refractivity contribution < 1.29 is 0 Å². The molecule has 0 radical (unpaired) electrons. The van der Waals surface area contributed by atoms with Crippen LogP contribution in [0.25, 0.3) is 0 Å². The van der Waals surface area contributed by atoms with Crippen LogP contribution in [-0.4, -0.2) is 6.54 Å². The van der Waals surface area contributed by atoms with E-state index in [0.29, 0.717) is 21.7 Å². The Labute approximate surface area is 107 Å². The van der Waals surface area contributed by atoms with Gasteiger partial charge in [-0.1, -0.05) is 37.0 Å². The van der Waals surface area contributed by atoms with Gasteiger partial charge in [-0.05, 0) is 18.1 Å². The molecule has 0 heterocycles. The Morgan fingerprint density at radius 1 is 1.27 bits per heavy atom. The van der Waals surface area contributed by atoms with Gasteiger partial charge in [0.2, 0.25) is 0 Å². The Morgan fingerprint density at radius 2 is 1.80 bits per heavy atom. The highest BCUT2D eigenvalue weighted by atomic mass is 35.5. The van der Waals surface area contributed by atoms with Crippen molar-refractivity contribution in [2.45, 2.75) is 13.8 Å². The second-order valence-corrected chi connectivity index (χ2v) is 4.44. The molecule has 2 nitrogen and oxygen atoms in total. The summed E-state index contributed by atoms with van der Waals surface area (Å²) in [5.74, 6) is 0.559. The summed E-state index contributed by atoms with van der Waals surface area (Å²) in [7, 11) is 0. The molecule has 0 aliphatic carbocycles. The van der Waals surface area contributed by atoms with Crippen molar-refractivity contribution in [3.63, 3.8) is 0 Å². The van der Waals surface area contributed by atoms with Crippen LogP contribution in [0, 0.1) is 5.92 Å². The highest BCUT2D eigenvalue weighted by molar-refractivity contribution is 6.42. The van der Waals surface area contributed by atoms with Gasteiger partial charge in [0.15, 0.2) is 0 Å². The first-order valence-electron chi connectivity index (χ1n) is 4.49. The van der Waals surface area contributed by atoms with Crippen LogP contribution in [0.1, 0.15) is 13.8 Å². The lowest BCUT2D eigenvalue weighted by Gasteiger charge is -2.12. The minimum Gasteiger partial charge on any atom is -0.397 e. The number of nitrogens with two attached hydrogens (primary N) is 1. The molecule has 0 saturated carbocycles. The van der Waals surface area contributed by atoms with Crippen molar-refractivity contribution in [1.29, 1.82) is 0 Å². The van der Waals surface area contributed by atoms with Crippen LogP contribution < -0.4 is 11.1 Å². The van der Waals surface area contributed by atoms with E-state index >= 15 is 0 Å². The van der Waals surface area contributed by atoms with Crippen LogP contribution in [0.5, 0.6) is 0 Å². The minimum atomic E-state index is 0. The van der Waals surface area contributed by atoms with E-state index in [4.69, 9.17) is 28.9 Å². The lowest BCUT2D eigenvalue weighted by molar-refractivity contribution is 0.689. The summed E-state index contributed by atoms with van der Waals surface area (Å²) in [6.45, 7) is 5.11. The molecule has 0 fully saturated rings. The largest absolute Gasteiger partial charge is 0.397 e. The summed E-state index contributed by atoms with van der Waals surface area (Å²) in [6, 6.07) is 3.41. The molecule has 0 aromatic heterocycles. The molecule has 0 unspecified atom stereocenters. The third-order valence-electron chi connectivity index (χ3n) is 1.79. The smallest absolute Gasteiger partial charge is 0.0614 e. The second-order valence-electron chi connectivity index (χ2n) is 3.63. The van der Waals surface area contributed by atoms with E-state index in [0.717, 1.165) is 12.2 Å². The van der Waals surface area contributed by atoms with Gasteiger partial charge in [-0.15, -0.1) is 12.4 Å². The van der Waals surface area contributed by atoms with Crippen LogP contribution in [0.4, 0.5) is 11.4 Å².